The van der Waals surface area contributed by atoms with Crippen molar-refractivity contribution in [3.05, 3.63) is 35.4 Å². The van der Waals surface area contributed by atoms with Gasteiger partial charge in [0.1, 0.15) is 5.84 Å². The van der Waals surface area contributed by atoms with Crippen molar-refractivity contribution >= 4 is 5.84 Å². The molecule has 1 N–H and O–H groups in total. The number of nitrogens with one attached hydrogen (secondary N) is 1. The van der Waals surface area contributed by atoms with Crippen LogP contribution in [-0.4, -0.2) is 42.2 Å². The van der Waals surface area contributed by atoms with Gasteiger partial charge in [-0.15, -0.1) is 0 Å². The van der Waals surface area contributed by atoms with E-state index in [1.807, 2.05) is 18.2 Å². The van der Waals surface area contributed by atoms with E-state index in [0.29, 0.717) is 5.84 Å². The van der Waals surface area contributed by atoms with Crippen molar-refractivity contribution in [3.63, 3.8) is 0 Å². The molecular weight excluding hydrogens is 202 g/mol. The molecule has 2 aliphatic rings. The highest BCUT2D eigenvalue weighted by Gasteiger charge is 2.29. The first kappa shape index (κ1) is 9.81. The molecule has 1 saturated heterocycles. The fourth-order valence-corrected chi connectivity index (χ4v) is 2.31. The molecule has 0 spiro atoms. The molecule has 2 aliphatic heterocycles. The zero-order valence-corrected chi connectivity index (χ0v) is 9.15. The average Bonchev–Trinajstić information content (AvgIpc) is 2.69. The predicted octanol–water partition coefficient (Wildman–Crippen LogP) is 1.07. The second kappa shape index (κ2) is 3.88. The minimum Gasteiger partial charge on any atom is -0.379 e. The SMILES string of the molecule is N=C1c2ccccc2CN1N1CCOCC1. The van der Waals surface area contributed by atoms with E-state index in [4.69, 9.17) is 10.1 Å². The maximum atomic E-state index is 8.17. The van der Waals surface area contributed by atoms with Crippen LogP contribution in [0.25, 0.3) is 0 Å². The number of morpholine rings is 1. The van der Waals surface area contributed by atoms with Gasteiger partial charge in [-0.2, -0.15) is 0 Å². The summed E-state index contributed by atoms with van der Waals surface area (Å²) in [7, 11) is 0. The Hall–Kier alpha value is -1.39. The van der Waals surface area contributed by atoms with Gasteiger partial charge in [0.25, 0.3) is 0 Å². The molecule has 1 fully saturated rings. The van der Waals surface area contributed by atoms with E-state index in [0.717, 1.165) is 38.4 Å². The fraction of sp³-hybridized carbons (Fsp3) is 0.417. The van der Waals surface area contributed by atoms with E-state index < -0.39 is 0 Å². The Labute approximate surface area is 94.9 Å². The minimum atomic E-state index is 0.623. The Morgan fingerprint density at radius 3 is 2.62 bits per heavy atom. The highest BCUT2D eigenvalue weighted by atomic mass is 16.5. The van der Waals surface area contributed by atoms with Crippen LogP contribution in [0, 0.1) is 5.41 Å². The number of hydrogen-bond acceptors (Lipinski definition) is 3. The molecule has 0 radical (unpaired) electrons. The largest absolute Gasteiger partial charge is 0.379 e. The quantitative estimate of drug-likeness (QED) is 0.765. The lowest BCUT2D eigenvalue weighted by Crippen LogP contribution is -2.48. The summed E-state index contributed by atoms with van der Waals surface area (Å²) in [6, 6.07) is 8.16. The third-order valence-corrected chi connectivity index (χ3v) is 3.18. The first-order valence-electron chi connectivity index (χ1n) is 5.63. The van der Waals surface area contributed by atoms with Crippen LogP contribution in [0.3, 0.4) is 0 Å². The zero-order chi connectivity index (χ0) is 11.0. The maximum absolute atomic E-state index is 8.17. The summed E-state index contributed by atoms with van der Waals surface area (Å²) in [5.41, 5.74) is 2.31. The summed E-state index contributed by atoms with van der Waals surface area (Å²) >= 11 is 0. The Balaban J connectivity index is 1.83. The van der Waals surface area contributed by atoms with Crippen molar-refractivity contribution in [2.45, 2.75) is 6.54 Å². The van der Waals surface area contributed by atoms with Gasteiger partial charge in [0.2, 0.25) is 0 Å². The number of rotatable bonds is 1. The Morgan fingerprint density at radius 2 is 1.88 bits per heavy atom. The lowest BCUT2D eigenvalue weighted by atomic mass is 10.1. The maximum Gasteiger partial charge on any atom is 0.143 e. The first-order chi connectivity index (χ1) is 7.86. The van der Waals surface area contributed by atoms with Crippen LogP contribution in [0.15, 0.2) is 24.3 Å². The molecule has 16 heavy (non-hydrogen) atoms. The van der Waals surface area contributed by atoms with Gasteiger partial charge in [-0.3, -0.25) is 10.4 Å². The number of hydrogen-bond donors (Lipinski definition) is 1. The van der Waals surface area contributed by atoms with Crippen molar-refractivity contribution in [1.82, 2.24) is 10.0 Å². The van der Waals surface area contributed by atoms with E-state index in [2.05, 4.69) is 16.1 Å². The Kier molecular flexibility index (Phi) is 2.38. The molecule has 0 saturated carbocycles. The molecule has 0 aromatic heterocycles. The lowest BCUT2D eigenvalue weighted by molar-refractivity contribution is -0.0515. The number of benzene rings is 1. The molecule has 3 rings (SSSR count). The minimum absolute atomic E-state index is 0.623. The molecular formula is C12H15N3O. The Morgan fingerprint density at radius 1 is 1.12 bits per heavy atom. The zero-order valence-electron chi connectivity index (χ0n) is 9.15. The summed E-state index contributed by atoms with van der Waals surface area (Å²) in [6.45, 7) is 4.13. The third kappa shape index (κ3) is 1.50. The number of ether oxygens (including phenoxy) is 1. The molecule has 0 amide bonds. The fourth-order valence-electron chi connectivity index (χ4n) is 2.31. The van der Waals surface area contributed by atoms with Crippen molar-refractivity contribution < 1.29 is 4.74 Å². The van der Waals surface area contributed by atoms with Crippen LogP contribution in [0.2, 0.25) is 0 Å². The van der Waals surface area contributed by atoms with Gasteiger partial charge in [-0.05, 0) is 5.56 Å². The molecule has 0 unspecified atom stereocenters. The molecule has 2 heterocycles. The molecule has 1 aromatic rings. The van der Waals surface area contributed by atoms with Gasteiger partial charge in [0.05, 0.1) is 19.8 Å². The molecule has 0 bridgehead atoms. The highest BCUT2D eigenvalue weighted by Crippen LogP contribution is 2.24. The van der Waals surface area contributed by atoms with Gasteiger partial charge in [0.15, 0.2) is 0 Å². The number of fused-ring (bicyclic) bond motifs is 1. The number of nitrogens with zero attached hydrogens (tertiary/aromatic N) is 2. The number of amidine groups is 1. The molecule has 4 heteroatoms. The van der Waals surface area contributed by atoms with Crippen LogP contribution in [0.1, 0.15) is 11.1 Å². The second-order valence-corrected chi connectivity index (χ2v) is 4.13. The van der Waals surface area contributed by atoms with E-state index in [1.165, 1.54) is 5.56 Å². The normalized spacial score (nSPS) is 21.2. The van der Waals surface area contributed by atoms with E-state index in [9.17, 15) is 0 Å². The van der Waals surface area contributed by atoms with Crippen molar-refractivity contribution in [3.8, 4) is 0 Å². The Bertz CT molecular complexity index is 412. The third-order valence-electron chi connectivity index (χ3n) is 3.18. The van der Waals surface area contributed by atoms with Crippen LogP contribution >= 0.6 is 0 Å². The first-order valence-corrected chi connectivity index (χ1v) is 5.63. The smallest absolute Gasteiger partial charge is 0.143 e. The lowest BCUT2D eigenvalue weighted by Gasteiger charge is -2.35. The predicted molar refractivity (Wildman–Crippen MR) is 61.2 cm³/mol. The highest BCUT2D eigenvalue weighted by molar-refractivity contribution is 5.99. The van der Waals surface area contributed by atoms with E-state index >= 15 is 0 Å². The molecule has 84 valence electrons. The summed E-state index contributed by atoms with van der Waals surface area (Å²) < 4.78 is 5.33. The summed E-state index contributed by atoms with van der Waals surface area (Å²) in [6.07, 6.45) is 0. The molecule has 0 atom stereocenters. The summed E-state index contributed by atoms with van der Waals surface area (Å²) in [5, 5.41) is 12.4. The molecule has 0 aliphatic carbocycles. The monoisotopic (exact) mass is 217 g/mol. The van der Waals surface area contributed by atoms with Crippen LogP contribution in [0.4, 0.5) is 0 Å². The van der Waals surface area contributed by atoms with Gasteiger partial charge in [-0.1, -0.05) is 24.3 Å². The van der Waals surface area contributed by atoms with Crippen molar-refractivity contribution in [1.29, 1.82) is 5.41 Å². The van der Waals surface area contributed by atoms with Crippen molar-refractivity contribution in [2.75, 3.05) is 26.3 Å². The molecule has 1 aromatic carbocycles. The second-order valence-electron chi connectivity index (χ2n) is 4.13. The summed E-state index contributed by atoms with van der Waals surface area (Å²) in [4.78, 5) is 0. The van der Waals surface area contributed by atoms with Crippen LogP contribution in [-0.2, 0) is 11.3 Å². The van der Waals surface area contributed by atoms with Crippen LogP contribution in [0.5, 0.6) is 0 Å². The van der Waals surface area contributed by atoms with Crippen LogP contribution < -0.4 is 0 Å². The van der Waals surface area contributed by atoms with Gasteiger partial charge >= 0.3 is 0 Å². The average molecular weight is 217 g/mol. The topological polar surface area (TPSA) is 39.6 Å². The van der Waals surface area contributed by atoms with Crippen molar-refractivity contribution in [2.24, 2.45) is 0 Å². The summed E-state index contributed by atoms with van der Waals surface area (Å²) in [5.74, 6) is 0.623. The standard InChI is InChI=1S/C12H15N3O/c13-12-11-4-2-1-3-10(11)9-15(12)14-5-7-16-8-6-14/h1-4,13H,5-9H2. The van der Waals surface area contributed by atoms with E-state index in [1.54, 1.807) is 0 Å². The van der Waals surface area contributed by atoms with Gasteiger partial charge in [0, 0.05) is 18.7 Å². The molecule has 4 nitrogen and oxygen atoms in total. The van der Waals surface area contributed by atoms with Gasteiger partial charge in [-0.25, -0.2) is 5.01 Å². The van der Waals surface area contributed by atoms with Gasteiger partial charge < -0.3 is 4.74 Å². The van der Waals surface area contributed by atoms with E-state index in [-0.39, 0.29) is 0 Å². The number of hydrazine groups is 1.